The summed E-state index contributed by atoms with van der Waals surface area (Å²) in [5.74, 6) is -1.44. The average Bonchev–Trinajstić information content (AvgIpc) is 2.96. The van der Waals surface area contributed by atoms with Crippen molar-refractivity contribution in [1.82, 2.24) is 4.90 Å². The van der Waals surface area contributed by atoms with Gasteiger partial charge in [0.25, 0.3) is 11.8 Å². The van der Waals surface area contributed by atoms with Crippen molar-refractivity contribution in [3.8, 4) is 11.5 Å². The molecule has 0 aromatic heterocycles. The number of rotatable bonds is 9. The quantitative estimate of drug-likeness (QED) is 0.434. The summed E-state index contributed by atoms with van der Waals surface area (Å²) in [6.45, 7) is 5.42. The minimum atomic E-state index is -0.956. The molecule has 2 aromatic rings. The third-order valence-electron chi connectivity index (χ3n) is 6.19. The molecule has 0 fully saturated rings. The van der Waals surface area contributed by atoms with Crippen molar-refractivity contribution < 1.29 is 38.1 Å². The van der Waals surface area contributed by atoms with Crippen LogP contribution in [0.1, 0.15) is 42.7 Å². The number of para-hydroxylation sites is 1. The van der Waals surface area contributed by atoms with Gasteiger partial charge < -0.3 is 24.3 Å². The molecule has 2 aromatic carbocycles. The van der Waals surface area contributed by atoms with Crippen LogP contribution < -0.4 is 14.8 Å². The van der Waals surface area contributed by atoms with Crippen molar-refractivity contribution in [2.24, 2.45) is 4.99 Å². The van der Waals surface area contributed by atoms with Crippen LogP contribution in [0.15, 0.2) is 69.7 Å². The number of nitrogens with one attached hydrogen (secondary N) is 1. The minimum Gasteiger partial charge on any atom is -0.493 e. The molecule has 1 unspecified atom stereocenters. The molecule has 12 heteroatoms. The number of anilines is 1. The van der Waals surface area contributed by atoms with E-state index in [4.69, 9.17) is 18.9 Å². The van der Waals surface area contributed by atoms with Crippen molar-refractivity contribution in [3.63, 3.8) is 0 Å². The van der Waals surface area contributed by atoms with Crippen molar-refractivity contribution in [3.05, 3.63) is 75.8 Å². The molecule has 0 aliphatic carbocycles. The highest BCUT2D eigenvalue weighted by molar-refractivity contribution is 8.18. The molecule has 0 saturated heterocycles. The fourth-order valence-corrected chi connectivity index (χ4v) is 5.37. The first kappa shape index (κ1) is 29.4. The second-order valence-corrected chi connectivity index (χ2v) is 9.68. The highest BCUT2D eigenvalue weighted by Crippen LogP contribution is 2.46. The van der Waals surface area contributed by atoms with E-state index < -0.39 is 29.8 Å². The van der Waals surface area contributed by atoms with Gasteiger partial charge in [-0.2, -0.15) is 0 Å². The Morgan fingerprint density at radius 1 is 0.976 bits per heavy atom. The number of fused-ring (bicyclic) bond motifs is 1. The second kappa shape index (κ2) is 12.7. The number of carbonyl (C=O) groups is 4. The second-order valence-electron chi connectivity index (χ2n) is 8.67. The molecule has 41 heavy (non-hydrogen) atoms. The Labute approximate surface area is 241 Å². The number of hydrogen-bond donors (Lipinski definition) is 1. The molecule has 4 rings (SSSR count). The van der Waals surface area contributed by atoms with Gasteiger partial charge >= 0.3 is 11.9 Å². The van der Waals surface area contributed by atoms with Crippen molar-refractivity contribution in [1.29, 1.82) is 0 Å². The van der Waals surface area contributed by atoms with Crippen LogP contribution in [0.2, 0.25) is 0 Å². The minimum absolute atomic E-state index is 0.100. The summed E-state index contributed by atoms with van der Waals surface area (Å²) in [5, 5.41) is 2.94. The normalized spacial score (nSPS) is 16.3. The van der Waals surface area contributed by atoms with Crippen molar-refractivity contribution in [2.75, 3.05) is 32.8 Å². The first-order valence-electron chi connectivity index (χ1n) is 12.7. The summed E-state index contributed by atoms with van der Waals surface area (Å²) >= 11 is 0.986. The number of ether oxygens (including phenoxy) is 4. The van der Waals surface area contributed by atoms with Crippen LogP contribution in [0, 0.1) is 0 Å². The number of allylic oxidation sites excluding steroid dienone is 1. The van der Waals surface area contributed by atoms with E-state index in [0.29, 0.717) is 34.0 Å². The number of esters is 2. The van der Waals surface area contributed by atoms with E-state index in [2.05, 4.69) is 10.3 Å². The molecule has 11 nitrogen and oxygen atoms in total. The van der Waals surface area contributed by atoms with Crippen LogP contribution >= 0.6 is 11.8 Å². The van der Waals surface area contributed by atoms with Gasteiger partial charge in [-0.05, 0) is 62.9 Å². The Bertz CT molecular complexity index is 1480. The number of methoxy groups -OCH3 is 2. The third kappa shape index (κ3) is 5.97. The Hall–Kier alpha value is -4.58. The van der Waals surface area contributed by atoms with E-state index in [0.717, 1.165) is 11.8 Å². The lowest BCUT2D eigenvalue weighted by Gasteiger charge is -2.38. The molecule has 0 radical (unpaired) electrons. The zero-order valence-electron chi connectivity index (χ0n) is 23.2. The lowest BCUT2D eigenvalue weighted by molar-refractivity contribution is -0.139. The molecular weight excluding hydrogens is 550 g/mol. The summed E-state index contributed by atoms with van der Waals surface area (Å²) in [7, 11) is 2.96. The predicted molar refractivity (Wildman–Crippen MR) is 153 cm³/mol. The molecule has 0 spiro atoms. The van der Waals surface area contributed by atoms with Crippen LogP contribution in [0.5, 0.6) is 11.5 Å². The van der Waals surface area contributed by atoms with Gasteiger partial charge in [-0.15, -0.1) is 0 Å². The summed E-state index contributed by atoms with van der Waals surface area (Å²) in [6.07, 6.45) is 1.19. The van der Waals surface area contributed by atoms with Crippen LogP contribution in [-0.2, 0) is 23.9 Å². The fourth-order valence-electron chi connectivity index (χ4n) is 4.40. The number of benzene rings is 2. The standard InChI is InChI=1S/C29H29N3O8S/c1-6-39-27(35)17-11-13-18(14-12-17)31-26(34)21-15-22(33)32-24(19-9-8-10-20(37-4)25(19)38-5)23(28(36)40-7-2)16(3)30-29(32)41-21/h8-15,24H,6-7H2,1-5H3,(H,31,34). The van der Waals surface area contributed by atoms with Gasteiger partial charge in [-0.1, -0.05) is 12.1 Å². The molecule has 1 N–H and O–H groups in total. The Balaban J connectivity index is 1.69. The smallest absolute Gasteiger partial charge is 0.338 e. The van der Waals surface area contributed by atoms with Gasteiger partial charge in [0.1, 0.15) is 6.04 Å². The zero-order valence-corrected chi connectivity index (χ0v) is 24.0. The number of nitrogens with zero attached hydrogens (tertiary/aromatic N) is 2. The third-order valence-corrected chi connectivity index (χ3v) is 7.18. The van der Waals surface area contributed by atoms with Gasteiger partial charge in [0.05, 0.1) is 49.2 Å². The largest absolute Gasteiger partial charge is 0.493 e. The highest BCUT2D eigenvalue weighted by Gasteiger charge is 2.44. The number of amides is 2. The molecule has 2 heterocycles. The molecule has 2 aliphatic heterocycles. The Kier molecular flexibility index (Phi) is 9.13. The fraction of sp³-hybridized carbons (Fsp3) is 0.276. The lowest BCUT2D eigenvalue weighted by atomic mass is 9.93. The number of thioether (sulfide) groups is 1. The van der Waals surface area contributed by atoms with E-state index in [-0.39, 0.29) is 28.9 Å². The monoisotopic (exact) mass is 579 g/mol. The summed E-state index contributed by atoms with van der Waals surface area (Å²) in [5.41, 5.74) is 1.75. The average molecular weight is 580 g/mol. The van der Waals surface area contributed by atoms with Crippen molar-refractivity contribution in [2.45, 2.75) is 26.8 Å². The molecular formula is C29H29N3O8S. The predicted octanol–water partition coefficient (Wildman–Crippen LogP) is 4.23. The summed E-state index contributed by atoms with van der Waals surface area (Å²) in [6, 6.07) is 10.4. The maximum absolute atomic E-state index is 13.6. The number of aliphatic imine (C=N–C) groups is 1. The molecule has 0 saturated carbocycles. The van der Waals surface area contributed by atoms with E-state index in [1.54, 1.807) is 51.1 Å². The van der Waals surface area contributed by atoms with Gasteiger partial charge in [-0.3, -0.25) is 14.5 Å². The first-order valence-corrected chi connectivity index (χ1v) is 13.5. The van der Waals surface area contributed by atoms with Crippen LogP contribution in [-0.4, -0.2) is 61.3 Å². The first-order chi connectivity index (χ1) is 19.7. The maximum Gasteiger partial charge on any atom is 0.338 e. The van der Waals surface area contributed by atoms with E-state index in [9.17, 15) is 19.2 Å². The summed E-state index contributed by atoms with van der Waals surface area (Å²) in [4.78, 5) is 57.8. The van der Waals surface area contributed by atoms with Crippen LogP contribution in [0.25, 0.3) is 0 Å². The summed E-state index contributed by atoms with van der Waals surface area (Å²) < 4.78 is 21.4. The van der Waals surface area contributed by atoms with Gasteiger partial charge in [-0.25, -0.2) is 14.6 Å². The lowest BCUT2D eigenvalue weighted by Crippen LogP contribution is -2.45. The topological polar surface area (TPSA) is 133 Å². The highest BCUT2D eigenvalue weighted by atomic mass is 32.2. The Morgan fingerprint density at radius 3 is 2.29 bits per heavy atom. The van der Waals surface area contributed by atoms with Crippen LogP contribution in [0.4, 0.5) is 5.69 Å². The SMILES string of the molecule is CCOC(=O)C1=C(C)N=C2SC(C(=O)Nc3ccc(C(=O)OCC)cc3)=CC(=O)N2C1c1cccc(OC)c1OC. The molecule has 2 amide bonds. The van der Waals surface area contributed by atoms with E-state index >= 15 is 0 Å². The van der Waals surface area contributed by atoms with Gasteiger partial charge in [0, 0.05) is 17.3 Å². The van der Waals surface area contributed by atoms with E-state index in [1.807, 2.05) is 0 Å². The van der Waals surface area contributed by atoms with Gasteiger partial charge in [0.15, 0.2) is 16.7 Å². The van der Waals surface area contributed by atoms with Crippen molar-refractivity contribution >= 4 is 46.4 Å². The maximum atomic E-state index is 13.6. The Morgan fingerprint density at radius 2 is 1.66 bits per heavy atom. The zero-order chi connectivity index (χ0) is 29.7. The molecule has 2 aliphatic rings. The van der Waals surface area contributed by atoms with Gasteiger partial charge in [0.2, 0.25) is 0 Å². The number of carbonyl (C=O) groups excluding carboxylic acids is 4. The molecule has 0 bridgehead atoms. The number of amidine groups is 1. The van der Waals surface area contributed by atoms with E-state index in [1.165, 1.54) is 37.3 Å². The molecule has 214 valence electrons. The number of hydrogen-bond acceptors (Lipinski definition) is 10. The van der Waals surface area contributed by atoms with Crippen LogP contribution in [0.3, 0.4) is 0 Å². The molecule has 1 atom stereocenters.